The smallest absolute Gasteiger partial charge is 0.175 e. The molecule has 18 heavy (non-hydrogen) atoms. The molecule has 1 aromatic carbocycles. The lowest BCUT2D eigenvalue weighted by Gasteiger charge is -2.09. The third-order valence-corrected chi connectivity index (χ3v) is 3.00. The lowest BCUT2D eigenvalue weighted by molar-refractivity contribution is 0.629. The summed E-state index contributed by atoms with van der Waals surface area (Å²) in [6.07, 6.45) is 0. The molecule has 1 aromatic heterocycles. The lowest BCUT2D eigenvalue weighted by Crippen LogP contribution is -1.95. The normalized spacial score (nSPS) is 10.5. The van der Waals surface area contributed by atoms with Gasteiger partial charge in [-0.25, -0.2) is 4.39 Å². The Labute approximate surface area is 122 Å². The number of hydrogen-bond donors (Lipinski definition) is 1. The van der Waals surface area contributed by atoms with Crippen molar-refractivity contribution in [3.05, 3.63) is 44.4 Å². The second-order valence-corrected chi connectivity index (χ2v) is 4.81. The molecule has 0 saturated carbocycles. The largest absolute Gasteiger partial charge is 0.353 e. The van der Waals surface area contributed by atoms with E-state index in [0.29, 0.717) is 11.4 Å². The van der Waals surface area contributed by atoms with Crippen LogP contribution in [0.25, 0.3) is 0 Å². The van der Waals surface area contributed by atoms with Gasteiger partial charge in [-0.15, -0.1) is 10.2 Å². The molecular weight excluding hydrogens is 323 g/mol. The van der Waals surface area contributed by atoms with Gasteiger partial charge in [0.05, 0.1) is 15.7 Å². The molecule has 94 valence electrons. The van der Waals surface area contributed by atoms with E-state index in [0.717, 1.165) is 0 Å². The molecule has 0 aliphatic rings. The summed E-state index contributed by atoms with van der Waals surface area (Å²) in [6, 6.07) is 4.21. The zero-order valence-corrected chi connectivity index (χ0v) is 11.5. The van der Waals surface area contributed by atoms with Crippen LogP contribution in [-0.2, 0) is 0 Å². The van der Waals surface area contributed by atoms with Crippen molar-refractivity contribution < 1.29 is 4.39 Å². The van der Waals surface area contributed by atoms with E-state index in [1.165, 1.54) is 18.2 Å². The van der Waals surface area contributed by atoms with E-state index in [-0.39, 0.29) is 20.4 Å². The number of rotatable bonds is 2. The minimum absolute atomic E-state index is 0.103. The highest BCUT2D eigenvalue weighted by molar-refractivity contribution is 6.35. The number of anilines is 2. The molecule has 3 nitrogen and oxygen atoms in total. The molecule has 0 bridgehead atoms. The Balaban J connectivity index is 2.37. The third-order valence-electron chi connectivity index (χ3n) is 1.98. The van der Waals surface area contributed by atoms with Crippen LogP contribution in [0.2, 0.25) is 20.4 Å². The van der Waals surface area contributed by atoms with Crippen LogP contribution in [0.1, 0.15) is 0 Å². The Morgan fingerprint density at radius 2 is 1.56 bits per heavy atom. The van der Waals surface area contributed by atoms with Crippen LogP contribution in [0.3, 0.4) is 0 Å². The fraction of sp³-hybridized carbons (Fsp3) is 0. The first kappa shape index (κ1) is 13.6. The molecule has 0 unspecified atom stereocenters. The van der Waals surface area contributed by atoms with Gasteiger partial charge < -0.3 is 5.32 Å². The monoisotopic (exact) mass is 325 g/mol. The molecule has 2 rings (SSSR count). The first-order valence-electron chi connectivity index (χ1n) is 4.57. The van der Waals surface area contributed by atoms with Crippen LogP contribution >= 0.6 is 46.4 Å². The van der Waals surface area contributed by atoms with Crippen molar-refractivity contribution in [1.29, 1.82) is 0 Å². The van der Waals surface area contributed by atoms with Gasteiger partial charge >= 0.3 is 0 Å². The second kappa shape index (κ2) is 5.45. The minimum Gasteiger partial charge on any atom is -0.353 e. The molecule has 0 saturated heterocycles. The van der Waals surface area contributed by atoms with Crippen LogP contribution in [-0.4, -0.2) is 10.2 Å². The highest BCUT2D eigenvalue weighted by atomic mass is 35.5. The van der Waals surface area contributed by atoms with Crippen LogP contribution in [0.15, 0.2) is 18.2 Å². The van der Waals surface area contributed by atoms with Gasteiger partial charge in [-0.2, -0.15) is 0 Å². The summed E-state index contributed by atoms with van der Waals surface area (Å²) in [4.78, 5) is 0. The number of nitrogens with one attached hydrogen (secondary N) is 1. The molecule has 0 fully saturated rings. The van der Waals surface area contributed by atoms with Gasteiger partial charge in [-0.1, -0.05) is 46.4 Å². The van der Waals surface area contributed by atoms with E-state index < -0.39 is 5.82 Å². The van der Waals surface area contributed by atoms with Crippen molar-refractivity contribution in [2.45, 2.75) is 0 Å². The fourth-order valence-corrected chi connectivity index (χ4v) is 2.00. The predicted octanol–water partition coefficient (Wildman–Crippen LogP) is 4.97. The Hall–Kier alpha value is -0.810. The molecule has 1 heterocycles. The van der Waals surface area contributed by atoms with Crippen molar-refractivity contribution in [2.24, 2.45) is 0 Å². The summed E-state index contributed by atoms with van der Waals surface area (Å²) in [6.45, 7) is 0. The van der Waals surface area contributed by atoms with Crippen LogP contribution in [0.4, 0.5) is 15.8 Å². The van der Waals surface area contributed by atoms with Crippen molar-refractivity contribution in [3.8, 4) is 0 Å². The van der Waals surface area contributed by atoms with Crippen LogP contribution in [0, 0.1) is 5.82 Å². The molecule has 0 atom stereocenters. The van der Waals surface area contributed by atoms with Gasteiger partial charge in [-0.3, -0.25) is 0 Å². The second-order valence-electron chi connectivity index (χ2n) is 3.25. The van der Waals surface area contributed by atoms with E-state index in [9.17, 15) is 4.39 Å². The summed E-state index contributed by atoms with van der Waals surface area (Å²) >= 11 is 22.8. The maximum Gasteiger partial charge on any atom is 0.175 e. The number of aromatic nitrogens is 2. The topological polar surface area (TPSA) is 37.8 Å². The average Bonchev–Trinajstić information content (AvgIpc) is 2.31. The Kier molecular flexibility index (Phi) is 4.12. The van der Waals surface area contributed by atoms with Gasteiger partial charge in [0, 0.05) is 11.8 Å². The average molecular weight is 327 g/mol. The molecule has 0 radical (unpaired) electrons. The summed E-state index contributed by atoms with van der Waals surface area (Å²) < 4.78 is 13.2. The van der Waals surface area contributed by atoms with Gasteiger partial charge in [0.25, 0.3) is 0 Å². The predicted molar refractivity (Wildman–Crippen MR) is 71.8 cm³/mol. The van der Waals surface area contributed by atoms with Crippen molar-refractivity contribution in [1.82, 2.24) is 10.2 Å². The Morgan fingerprint density at radius 3 is 2.17 bits per heavy atom. The quantitative estimate of drug-likeness (QED) is 0.791. The summed E-state index contributed by atoms with van der Waals surface area (Å²) in [7, 11) is 0. The van der Waals surface area contributed by atoms with E-state index in [1.54, 1.807) is 0 Å². The maximum absolute atomic E-state index is 13.2. The number of hydrogen-bond acceptors (Lipinski definition) is 3. The minimum atomic E-state index is -0.680. The number of benzene rings is 1. The van der Waals surface area contributed by atoms with Gasteiger partial charge in [0.2, 0.25) is 0 Å². The van der Waals surface area contributed by atoms with E-state index >= 15 is 0 Å². The van der Waals surface area contributed by atoms with Crippen LogP contribution < -0.4 is 5.32 Å². The third kappa shape index (κ3) is 2.95. The molecular formula is C10H4Cl4FN3. The molecule has 8 heteroatoms. The van der Waals surface area contributed by atoms with Crippen LogP contribution in [0.5, 0.6) is 0 Å². The summed E-state index contributed by atoms with van der Waals surface area (Å²) in [5, 5.41) is 10.1. The van der Waals surface area contributed by atoms with Crippen molar-refractivity contribution in [3.63, 3.8) is 0 Å². The fourth-order valence-electron chi connectivity index (χ4n) is 1.22. The first-order chi connectivity index (χ1) is 8.47. The molecule has 0 spiro atoms. The zero-order chi connectivity index (χ0) is 13.3. The van der Waals surface area contributed by atoms with E-state index in [2.05, 4.69) is 15.5 Å². The molecule has 0 aliphatic heterocycles. The number of halogens is 5. The van der Waals surface area contributed by atoms with Crippen molar-refractivity contribution in [2.75, 3.05) is 5.32 Å². The SMILES string of the molecule is Fc1c(Cl)cc(Nc2cc(Cl)nnc2Cl)cc1Cl. The highest BCUT2D eigenvalue weighted by Crippen LogP contribution is 2.31. The molecule has 1 N–H and O–H groups in total. The standard InChI is InChI=1S/C10H4Cl4FN3/c11-5-1-4(2-6(12)9(5)15)16-7-3-8(13)17-18-10(7)14/h1-3H,(H,16,17). The van der Waals surface area contributed by atoms with E-state index in [1.807, 2.05) is 0 Å². The van der Waals surface area contributed by atoms with Gasteiger partial charge in [-0.05, 0) is 12.1 Å². The molecule has 2 aromatic rings. The van der Waals surface area contributed by atoms with Gasteiger partial charge in [0.1, 0.15) is 0 Å². The van der Waals surface area contributed by atoms with E-state index in [4.69, 9.17) is 46.4 Å². The Morgan fingerprint density at radius 1 is 0.944 bits per heavy atom. The Bertz CT molecular complexity index is 583. The highest BCUT2D eigenvalue weighted by Gasteiger charge is 2.10. The summed E-state index contributed by atoms with van der Waals surface area (Å²) in [5.74, 6) is -0.680. The van der Waals surface area contributed by atoms with Crippen molar-refractivity contribution >= 4 is 57.8 Å². The lowest BCUT2D eigenvalue weighted by atomic mass is 10.3. The summed E-state index contributed by atoms with van der Waals surface area (Å²) in [5.41, 5.74) is 0.868. The zero-order valence-electron chi connectivity index (χ0n) is 8.52. The van der Waals surface area contributed by atoms with Gasteiger partial charge in [0.15, 0.2) is 16.1 Å². The first-order valence-corrected chi connectivity index (χ1v) is 6.09. The number of nitrogens with zero attached hydrogens (tertiary/aromatic N) is 2. The molecule has 0 aliphatic carbocycles. The maximum atomic E-state index is 13.2. The molecule has 0 amide bonds.